The third-order valence-electron chi connectivity index (χ3n) is 6.04. The van der Waals surface area contributed by atoms with Crippen molar-refractivity contribution in [3.8, 4) is 22.8 Å². The van der Waals surface area contributed by atoms with Crippen LogP contribution < -0.4 is 9.47 Å². The van der Waals surface area contributed by atoms with Crippen molar-refractivity contribution in [1.29, 1.82) is 0 Å². The predicted octanol–water partition coefficient (Wildman–Crippen LogP) is 4.60. The first-order valence-corrected chi connectivity index (χ1v) is 10.9. The van der Waals surface area contributed by atoms with Crippen molar-refractivity contribution in [1.82, 2.24) is 14.9 Å². The second-order valence-electron chi connectivity index (χ2n) is 8.18. The molecule has 0 unspecified atom stereocenters. The Morgan fingerprint density at radius 1 is 1.03 bits per heavy atom. The van der Waals surface area contributed by atoms with Gasteiger partial charge in [-0.25, -0.2) is 9.97 Å². The smallest absolute Gasteiger partial charge is 0.254 e. The van der Waals surface area contributed by atoms with Crippen molar-refractivity contribution in [2.24, 2.45) is 0 Å². The molecule has 31 heavy (non-hydrogen) atoms. The maximum atomic E-state index is 13.3. The summed E-state index contributed by atoms with van der Waals surface area (Å²) < 4.78 is 10.8. The molecule has 7 heteroatoms. The van der Waals surface area contributed by atoms with Crippen LogP contribution in [-0.4, -0.2) is 34.1 Å². The molecular weight excluding hydrogens is 414 g/mol. The number of carbonyl (C=O) groups excluding carboxylic acids is 1. The second kappa shape index (κ2) is 7.24. The molecule has 3 aromatic rings. The summed E-state index contributed by atoms with van der Waals surface area (Å²) >= 11 is 6.10. The van der Waals surface area contributed by atoms with E-state index in [0.29, 0.717) is 47.5 Å². The molecule has 3 heterocycles. The van der Waals surface area contributed by atoms with Crippen molar-refractivity contribution in [2.75, 3.05) is 13.3 Å². The number of carbonyl (C=O) groups is 1. The highest BCUT2D eigenvalue weighted by Gasteiger charge is 2.32. The normalized spacial score (nSPS) is 16.9. The number of fused-ring (bicyclic) bond motifs is 2. The molecule has 6 rings (SSSR count). The lowest BCUT2D eigenvalue weighted by atomic mass is 9.98. The van der Waals surface area contributed by atoms with E-state index in [0.717, 1.165) is 41.2 Å². The number of rotatable bonds is 3. The van der Waals surface area contributed by atoms with Crippen molar-refractivity contribution in [3.63, 3.8) is 0 Å². The van der Waals surface area contributed by atoms with Crippen LogP contribution in [-0.2, 0) is 13.0 Å². The third kappa shape index (κ3) is 3.41. The number of aromatic nitrogens is 2. The maximum absolute atomic E-state index is 13.3. The van der Waals surface area contributed by atoms with Gasteiger partial charge in [-0.2, -0.15) is 0 Å². The summed E-state index contributed by atoms with van der Waals surface area (Å²) in [5, 5.41) is 0.689. The van der Waals surface area contributed by atoms with Crippen LogP contribution in [0.3, 0.4) is 0 Å². The topological polar surface area (TPSA) is 64.6 Å². The van der Waals surface area contributed by atoms with Crippen LogP contribution in [0.5, 0.6) is 11.5 Å². The van der Waals surface area contributed by atoms with Gasteiger partial charge in [0.1, 0.15) is 5.82 Å². The fourth-order valence-electron chi connectivity index (χ4n) is 4.19. The fourth-order valence-corrected chi connectivity index (χ4v) is 4.32. The largest absolute Gasteiger partial charge is 0.454 e. The molecule has 1 aromatic heterocycles. The summed E-state index contributed by atoms with van der Waals surface area (Å²) in [5.74, 6) is 2.65. The standard InChI is InChI=1S/C24H20ClN3O3/c25-17-6-3-14(4-7-17)22-18-12-28(10-9-19(18)26-23(27-22)15-1-2-15)24(29)16-5-8-20-21(11-16)31-13-30-20/h3-8,11,15H,1-2,9-10,12-13H2. The van der Waals surface area contributed by atoms with Crippen LogP contribution in [0.2, 0.25) is 5.02 Å². The Balaban J connectivity index is 1.36. The highest BCUT2D eigenvalue weighted by molar-refractivity contribution is 6.30. The van der Waals surface area contributed by atoms with Gasteiger partial charge in [0.15, 0.2) is 11.5 Å². The number of amides is 1. The summed E-state index contributed by atoms with van der Waals surface area (Å²) in [6, 6.07) is 13.1. The van der Waals surface area contributed by atoms with Crippen LogP contribution in [0.25, 0.3) is 11.3 Å². The average Bonchev–Trinajstić information content (AvgIpc) is 3.55. The summed E-state index contributed by atoms with van der Waals surface area (Å²) in [7, 11) is 0. The van der Waals surface area contributed by atoms with Crippen LogP contribution in [0, 0.1) is 0 Å². The van der Waals surface area contributed by atoms with Crippen molar-refractivity contribution in [2.45, 2.75) is 31.7 Å². The molecule has 0 atom stereocenters. The molecule has 0 saturated heterocycles. The van der Waals surface area contributed by atoms with Gasteiger partial charge in [-0.1, -0.05) is 23.7 Å². The zero-order valence-electron chi connectivity index (χ0n) is 16.8. The lowest BCUT2D eigenvalue weighted by molar-refractivity contribution is 0.0733. The molecule has 3 aliphatic rings. The molecule has 2 aromatic carbocycles. The number of halogens is 1. The van der Waals surface area contributed by atoms with Crippen LogP contribution in [0.1, 0.15) is 46.2 Å². The maximum Gasteiger partial charge on any atom is 0.254 e. The Bertz CT molecular complexity index is 1190. The quantitative estimate of drug-likeness (QED) is 0.604. The second-order valence-corrected chi connectivity index (χ2v) is 8.62. The van der Waals surface area contributed by atoms with Gasteiger partial charge in [0, 0.05) is 47.1 Å². The number of hydrogen-bond donors (Lipinski definition) is 0. The van der Waals surface area contributed by atoms with E-state index in [1.54, 1.807) is 18.2 Å². The van der Waals surface area contributed by atoms with Gasteiger partial charge in [-0.15, -0.1) is 0 Å². The van der Waals surface area contributed by atoms with Crippen LogP contribution in [0.15, 0.2) is 42.5 Å². The summed E-state index contributed by atoms with van der Waals surface area (Å²) in [6.07, 6.45) is 3.01. The number of benzene rings is 2. The number of nitrogens with zero attached hydrogens (tertiary/aromatic N) is 3. The molecule has 0 spiro atoms. The molecule has 1 aliphatic carbocycles. The molecular formula is C24H20ClN3O3. The van der Waals surface area contributed by atoms with Gasteiger partial charge >= 0.3 is 0 Å². The Morgan fingerprint density at radius 2 is 1.84 bits per heavy atom. The number of ether oxygens (including phenoxy) is 2. The fraction of sp³-hybridized carbons (Fsp3) is 0.292. The van der Waals surface area contributed by atoms with Crippen LogP contribution in [0.4, 0.5) is 0 Å². The highest BCUT2D eigenvalue weighted by Crippen LogP contribution is 2.40. The van der Waals surface area contributed by atoms with Gasteiger partial charge in [0.05, 0.1) is 11.4 Å². The molecule has 156 valence electrons. The van der Waals surface area contributed by atoms with Gasteiger partial charge in [-0.05, 0) is 43.2 Å². The van der Waals surface area contributed by atoms with E-state index in [4.69, 9.17) is 31.0 Å². The molecule has 0 N–H and O–H groups in total. The summed E-state index contributed by atoms with van der Waals surface area (Å²) in [4.78, 5) is 24.9. The molecule has 0 bridgehead atoms. The lowest BCUT2D eigenvalue weighted by Gasteiger charge is -2.30. The summed E-state index contributed by atoms with van der Waals surface area (Å²) in [6.45, 7) is 1.29. The molecule has 6 nitrogen and oxygen atoms in total. The van der Waals surface area contributed by atoms with Gasteiger partial charge in [-0.3, -0.25) is 4.79 Å². The first kappa shape index (κ1) is 18.6. The Kier molecular flexibility index (Phi) is 4.35. The van der Waals surface area contributed by atoms with E-state index in [1.165, 1.54) is 0 Å². The number of hydrogen-bond acceptors (Lipinski definition) is 5. The molecule has 0 radical (unpaired) electrons. The van der Waals surface area contributed by atoms with Crippen molar-refractivity contribution >= 4 is 17.5 Å². The van der Waals surface area contributed by atoms with E-state index >= 15 is 0 Å². The van der Waals surface area contributed by atoms with Crippen molar-refractivity contribution in [3.05, 3.63) is 70.1 Å². The molecule has 1 fully saturated rings. The van der Waals surface area contributed by atoms with E-state index in [-0.39, 0.29) is 12.7 Å². The first-order chi connectivity index (χ1) is 15.2. The molecule has 1 amide bonds. The van der Waals surface area contributed by atoms with Crippen LogP contribution >= 0.6 is 11.6 Å². The van der Waals surface area contributed by atoms with E-state index in [2.05, 4.69) is 0 Å². The monoisotopic (exact) mass is 433 g/mol. The Hall–Kier alpha value is -3.12. The van der Waals surface area contributed by atoms with Gasteiger partial charge in [0.25, 0.3) is 5.91 Å². The Labute approximate surface area is 184 Å². The van der Waals surface area contributed by atoms with E-state index in [1.807, 2.05) is 29.2 Å². The van der Waals surface area contributed by atoms with Gasteiger partial charge in [0.2, 0.25) is 6.79 Å². The van der Waals surface area contributed by atoms with Crippen molar-refractivity contribution < 1.29 is 14.3 Å². The molecule has 2 aliphatic heterocycles. The Morgan fingerprint density at radius 3 is 2.65 bits per heavy atom. The zero-order valence-corrected chi connectivity index (χ0v) is 17.6. The third-order valence-corrected chi connectivity index (χ3v) is 6.30. The zero-order chi connectivity index (χ0) is 20.9. The van der Waals surface area contributed by atoms with E-state index < -0.39 is 0 Å². The minimum Gasteiger partial charge on any atom is -0.454 e. The average molecular weight is 434 g/mol. The summed E-state index contributed by atoms with van der Waals surface area (Å²) in [5.41, 5.74) is 4.58. The SMILES string of the molecule is O=C(c1ccc2c(c1)OCO2)N1CCc2nc(C3CC3)nc(-c3ccc(Cl)cc3)c2C1. The predicted molar refractivity (Wildman–Crippen MR) is 115 cm³/mol. The van der Waals surface area contributed by atoms with Gasteiger partial charge < -0.3 is 14.4 Å². The first-order valence-electron chi connectivity index (χ1n) is 10.5. The molecule has 1 saturated carbocycles. The highest BCUT2D eigenvalue weighted by atomic mass is 35.5. The minimum atomic E-state index is -0.0303. The minimum absolute atomic E-state index is 0.0303. The lowest BCUT2D eigenvalue weighted by Crippen LogP contribution is -2.37. The van der Waals surface area contributed by atoms with E-state index in [9.17, 15) is 4.79 Å².